The van der Waals surface area contributed by atoms with Gasteiger partial charge in [0.2, 0.25) is 0 Å². The molecule has 0 N–H and O–H groups in total. The van der Waals surface area contributed by atoms with E-state index in [1.807, 2.05) is 0 Å². The topological polar surface area (TPSA) is 25.8 Å². The highest BCUT2D eigenvalue weighted by Crippen LogP contribution is 2.26. The minimum absolute atomic E-state index is 0.200. The maximum atomic E-state index is 12.9. The standard InChI is InChI=1S/C8H3Cl2FN2/c9-6-2-4(11)1-5-7(6)12-3-13-8(5)10/h1-3H. The molecule has 0 saturated heterocycles. The molecule has 0 amide bonds. The SMILES string of the molecule is Fc1cc(Cl)c2ncnc(Cl)c2c1. The highest BCUT2D eigenvalue weighted by Gasteiger charge is 2.06. The molecule has 66 valence electrons. The van der Waals surface area contributed by atoms with Crippen LogP contribution in [0.15, 0.2) is 18.5 Å². The monoisotopic (exact) mass is 216 g/mol. The minimum atomic E-state index is -0.450. The second-order valence-corrected chi connectivity index (χ2v) is 3.21. The fourth-order valence-electron chi connectivity index (χ4n) is 1.06. The van der Waals surface area contributed by atoms with E-state index >= 15 is 0 Å². The molecule has 0 unspecified atom stereocenters. The summed E-state index contributed by atoms with van der Waals surface area (Å²) in [6.45, 7) is 0. The number of aromatic nitrogens is 2. The van der Waals surface area contributed by atoms with Crippen LogP contribution < -0.4 is 0 Å². The third-order valence-electron chi connectivity index (χ3n) is 1.61. The van der Waals surface area contributed by atoms with Gasteiger partial charge in [-0.1, -0.05) is 23.2 Å². The first-order chi connectivity index (χ1) is 6.18. The Hall–Kier alpha value is -0.930. The van der Waals surface area contributed by atoms with E-state index in [1.54, 1.807) is 0 Å². The lowest BCUT2D eigenvalue weighted by Gasteiger charge is -2.00. The largest absolute Gasteiger partial charge is 0.235 e. The Morgan fingerprint density at radius 2 is 1.92 bits per heavy atom. The lowest BCUT2D eigenvalue weighted by Crippen LogP contribution is -1.86. The molecule has 1 heterocycles. The van der Waals surface area contributed by atoms with Gasteiger partial charge in [0.15, 0.2) is 0 Å². The van der Waals surface area contributed by atoms with Gasteiger partial charge in [0.1, 0.15) is 17.3 Å². The van der Waals surface area contributed by atoms with E-state index < -0.39 is 5.82 Å². The first kappa shape index (κ1) is 8.66. The molecule has 0 aliphatic rings. The Kier molecular flexibility index (Phi) is 2.06. The molecule has 1 aromatic carbocycles. The smallest absolute Gasteiger partial charge is 0.140 e. The molecule has 2 aromatic rings. The number of fused-ring (bicyclic) bond motifs is 1. The first-order valence-electron chi connectivity index (χ1n) is 3.44. The normalized spacial score (nSPS) is 10.7. The van der Waals surface area contributed by atoms with Gasteiger partial charge in [-0.2, -0.15) is 0 Å². The second kappa shape index (κ2) is 3.09. The number of benzene rings is 1. The quantitative estimate of drug-likeness (QED) is 0.633. The Morgan fingerprint density at radius 3 is 2.69 bits per heavy atom. The van der Waals surface area contributed by atoms with Gasteiger partial charge < -0.3 is 0 Å². The van der Waals surface area contributed by atoms with Crippen molar-refractivity contribution in [2.24, 2.45) is 0 Å². The maximum Gasteiger partial charge on any atom is 0.140 e. The van der Waals surface area contributed by atoms with Gasteiger partial charge in [0, 0.05) is 5.39 Å². The van der Waals surface area contributed by atoms with Crippen molar-refractivity contribution in [1.29, 1.82) is 0 Å². The molecule has 0 spiro atoms. The Balaban J connectivity index is 2.94. The number of hydrogen-bond acceptors (Lipinski definition) is 2. The molecule has 0 bridgehead atoms. The van der Waals surface area contributed by atoms with Gasteiger partial charge in [-0.25, -0.2) is 14.4 Å². The molecular formula is C8H3Cl2FN2. The van der Waals surface area contributed by atoms with Gasteiger partial charge in [0.25, 0.3) is 0 Å². The Morgan fingerprint density at radius 1 is 1.15 bits per heavy atom. The zero-order valence-electron chi connectivity index (χ0n) is 6.26. The van der Waals surface area contributed by atoms with E-state index in [1.165, 1.54) is 18.5 Å². The van der Waals surface area contributed by atoms with Crippen LogP contribution in [0.2, 0.25) is 10.2 Å². The summed E-state index contributed by atoms with van der Waals surface area (Å²) in [7, 11) is 0. The van der Waals surface area contributed by atoms with E-state index in [0.717, 1.165) is 0 Å². The van der Waals surface area contributed by atoms with Gasteiger partial charge >= 0.3 is 0 Å². The average Bonchev–Trinajstić information content (AvgIpc) is 2.07. The van der Waals surface area contributed by atoms with Crippen molar-refractivity contribution in [3.8, 4) is 0 Å². The molecule has 5 heteroatoms. The van der Waals surface area contributed by atoms with Crippen LogP contribution in [0.25, 0.3) is 10.9 Å². The second-order valence-electron chi connectivity index (χ2n) is 2.45. The van der Waals surface area contributed by atoms with Crippen molar-refractivity contribution in [3.05, 3.63) is 34.5 Å². The zero-order chi connectivity index (χ0) is 9.42. The summed E-state index contributed by atoms with van der Waals surface area (Å²) in [5.41, 5.74) is 0.461. The summed E-state index contributed by atoms with van der Waals surface area (Å²) in [5.74, 6) is -0.450. The van der Waals surface area contributed by atoms with Crippen LogP contribution in [0, 0.1) is 5.82 Å². The van der Waals surface area contributed by atoms with Crippen LogP contribution >= 0.6 is 23.2 Å². The lowest BCUT2D eigenvalue weighted by atomic mass is 10.2. The summed E-state index contributed by atoms with van der Waals surface area (Å²) >= 11 is 11.5. The molecule has 0 aliphatic heterocycles. The molecule has 0 radical (unpaired) electrons. The molecule has 13 heavy (non-hydrogen) atoms. The van der Waals surface area contributed by atoms with Crippen molar-refractivity contribution in [3.63, 3.8) is 0 Å². The predicted molar refractivity (Wildman–Crippen MR) is 49.5 cm³/mol. The lowest BCUT2D eigenvalue weighted by molar-refractivity contribution is 0.629. The number of hydrogen-bond donors (Lipinski definition) is 0. The van der Waals surface area contributed by atoms with Gasteiger partial charge in [-0.15, -0.1) is 0 Å². The van der Waals surface area contributed by atoms with Crippen LogP contribution in [0.4, 0.5) is 4.39 Å². The fraction of sp³-hybridized carbons (Fsp3) is 0. The summed E-state index contributed by atoms with van der Waals surface area (Å²) < 4.78 is 12.9. The third kappa shape index (κ3) is 1.45. The fourth-order valence-corrected chi connectivity index (χ4v) is 1.50. The molecule has 0 aliphatic carbocycles. The van der Waals surface area contributed by atoms with E-state index in [9.17, 15) is 4.39 Å². The molecule has 0 fully saturated rings. The van der Waals surface area contributed by atoms with Crippen LogP contribution in [0.3, 0.4) is 0 Å². The molecule has 2 nitrogen and oxygen atoms in total. The highest BCUT2D eigenvalue weighted by molar-refractivity contribution is 6.38. The van der Waals surface area contributed by atoms with E-state index in [2.05, 4.69) is 9.97 Å². The Bertz CT molecular complexity index is 473. The minimum Gasteiger partial charge on any atom is -0.235 e. The Labute approximate surface area is 83.3 Å². The number of rotatable bonds is 0. The molecular weight excluding hydrogens is 214 g/mol. The van der Waals surface area contributed by atoms with Gasteiger partial charge in [0.05, 0.1) is 10.5 Å². The number of halogens is 3. The van der Waals surface area contributed by atoms with Crippen molar-refractivity contribution < 1.29 is 4.39 Å². The maximum absolute atomic E-state index is 12.9. The molecule has 1 aromatic heterocycles. The molecule has 0 atom stereocenters. The van der Waals surface area contributed by atoms with Crippen molar-refractivity contribution in [1.82, 2.24) is 9.97 Å². The predicted octanol–water partition coefficient (Wildman–Crippen LogP) is 3.08. The van der Waals surface area contributed by atoms with Crippen molar-refractivity contribution >= 4 is 34.1 Å². The average molecular weight is 217 g/mol. The summed E-state index contributed by atoms with van der Waals surface area (Å²) in [6.07, 6.45) is 1.29. The van der Waals surface area contributed by atoms with Gasteiger partial charge in [-0.05, 0) is 12.1 Å². The number of nitrogens with zero attached hydrogens (tertiary/aromatic N) is 2. The van der Waals surface area contributed by atoms with E-state index in [-0.39, 0.29) is 10.2 Å². The molecule has 0 saturated carbocycles. The van der Waals surface area contributed by atoms with E-state index in [4.69, 9.17) is 23.2 Å². The van der Waals surface area contributed by atoms with Crippen LogP contribution in [0.5, 0.6) is 0 Å². The summed E-state index contributed by atoms with van der Waals surface area (Å²) in [6, 6.07) is 2.44. The summed E-state index contributed by atoms with van der Waals surface area (Å²) in [4.78, 5) is 7.61. The zero-order valence-corrected chi connectivity index (χ0v) is 7.77. The van der Waals surface area contributed by atoms with Crippen molar-refractivity contribution in [2.45, 2.75) is 0 Å². The highest BCUT2D eigenvalue weighted by atomic mass is 35.5. The van der Waals surface area contributed by atoms with Crippen molar-refractivity contribution in [2.75, 3.05) is 0 Å². The van der Waals surface area contributed by atoms with E-state index in [0.29, 0.717) is 10.9 Å². The van der Waals surface area contributed by atoms with Crippen LogP contribution in [0.1, 0.15) is 0 Å². The van der Waals surface area contributed by atoms with Gasteiger partial charge in [-0.3, -0.25) is 0 Å². The third-order valence-corrected chi connectivity index (χ3v) is 2.20. The summed E-state index contributed by atoms with van der Waals surface area (Å²) in [5, 5.41) is 0.861. The van der Waals surface area contributed by atoms with Crippen LogP contribution in [-0.2, 0) is 0 Å². The molecule has 2 rings (SSSR count). The van der Waals surface area contributed by atoms with Crippen LogP contribution in [-0.4, -0.2) is 9.97 Å². The first-order valence-corrected chi connectivity index (χ1v) is 4.19.